The van der Waals surface area contributed by atoms with Crippen molar-refractivity contribution in [2.45, 2.75) is 12.5 Å². The molecule has 1 N–H and O–H groups in total. The summed E-state index contributed by atoms with van der Waals surface area (Å²) in [6.07, 6.45) is 2.15. The molecule has 180 valence electrons. The van der Waals surface area contributed by atoms with Crippen molar-refractivity contribution in [2.24, 2.45) is 0 Å². The van der Waals surface area contributed by atoms with Gasteiger partial charge in [-0.2, -0.15) is 0 Å². The van der Waals surface area contributed by atoms with Crippen molar-refractivity contribution >= 4 is 17.4 Å². The number of ketones is 1. The highest BCUT2D eigenvalue weighted by molar-refractivity contribution is 6.46. The number of nitrogens with zero attached hydrogens (tertiary/aromatic N) is 1. The van der Waals surface area contributed by atoms with Crippen LogP contribution in [0.15, 0.2) is 60.7 Å². The van der Waals surface area contributed by atoms with Gasteiger partial charge in [0, 0.05) is 25.8 Å². The summed E-state index contributed by atoms with van der Waals surface area (Å²) in [5.74, 6) is -0.146. The highest BCUT2D eigenvalue weighted by atomic mass is 16.5. The van der Waals surface area contributed by atoms with Gasteiger partial charge in [-0.3, -0.25) is 9.59 Å². The largest absolute Gasteiger partial charge is 0.507 e. The second-order valence-electron chi connectivity index (χ2n) is 7.58. The number of aliphatic hydroxyl groups is 1. The van der Waals surface area contributed by atoms with Crippen LogP contribution in [0, 0.1) is 0 Å². The van der Waals surface area contributed by atoms with E-state index in [4.69, 9.17) is 18.9 Å². The molecule has 8 heteroatoms. The molecule has 1 atom stereocenters. The first-order valence-corrected chi connectivity index (χ1v) is 10.8. The van der Waals surface area contributed by atoms with Crippen LogP contribution in [0.4, 0.5) is 0 Å². The summed E-state index contributed by atoms with van der Waals surface area (Å²) in [6.45, 7) is 4.64. The number of likely N-dealkylation sites (tertiary alicyclic amines) is 1. The van der Waals surface area contributed by atoms with Crippen molar-refractivity contribution in [2.75, 3.05) is 41.1 Å². The molecule has 1 amide bonds. The molecule has 0 radical (unpaired) electrons. The van der Waals surface area contributed by atoms with Gasteiger partial charge in [-0.15, -0.1) is 0 Å². The van der Waals surface area contributed by atoms with Gasteiger partial charge in [-0.25, -0.2) is 0 Å². The predicted molar refractivity (Wildman–Crippen MR) is 127 cm³/mol. The summed E-state index contributed by atoms with van der Waals surface area (Å²) in [5.41, 5.74) is 1.02. The van der Waals surface area contributed by atoms with Crippen molar-refractivity contribution in [3.63, 3.8) is 0 Å². The van der Waals surface area contributed by atoms with Gasteiger partial charge in [-0.1, -0.05) is 18.7 Å². The Kier molecular flexibility index (Phi) is 8.32. The number of ether oxygens (including phenoxy) is 4. The lowest BCUT2D eigenvalue weighted by Gasteiger charge is -2.26. The first-order valence-electron chi connectivity index (χ1n) is 10.8. The van der Waals surface area contributed by atoms with Gasteiger partial charge in [0.05, 0.1) is 25.8 Å². The van der Waals surface area contributed by atoms with Crippen LogP contribution < -0.4 is 14.2 Å². The number of carbonyl (C=O) groups excluding carboxylic acids is 2. The minimum atomic E-state index is -0.804. The van der Waals surface area contributed by atoms with Gasteiger partial charge >= 0.3 is 0 Å². The Labute approximate surface area is 199 Å². The van der Waals surface area contributed by atoms with E-state index in [9.17, 15) is 14.7 Å². The number of methoxy groups -OCH3 is 3. The standard InChI is InChI=1S/C26H29NO7/c1-5-14-34-20-12-9-18(16-21(20)33-4)23-22(24(28)17-7-10-19(32-3)11-8-17)25(29)26(30)27(23)13-6-15-31-2/h5,7-12,16,23,28H,1,6,13-15H2,2-4H3/b24-22+. The fourth-order valence-electron chi connectivity index (χ4n) is 3.86. The molecule has 0 aromatic heterocycles. The van der Waals surface area contributed by atoms with Crippen LogP contribution in [0.1, 0.15) is 23.6 Å². The monoisotopic (exact) mass is 467 g/mol. The van der Waals surface area contributed by atoms with Crippen LogP contribution in [-0.2, 0) is 14.3 Å². The third kappa shape index (κ3) is 5.07. The number of aliphatic hydroxyl groups excluding tert-OH is 1. The normalized spacial score (nSPS) is 17.0. The van der Waals surface area contributed by atoms with Gasteiger partial charge in [0.2, 0.25) is 0 Å². The Bertz CT molecular complexity index is 1080. The van der Waals surface area contributed by atoms with Gasteiger partial charge < -0.3 is 29.0 Å². The van der Waals surface area contributed by atoms with E-state index in [2.05, 4.69) is 6.58 Å². The van der Waals surface area contributed by atoms with E-state index in [1.54, 1.807) is 55.7 Å². The summed E-state index contributed by atoms with van der Waals surface area (Å²) in [6, 6.07) is 11.0. The lowest BCUT2D eigenvalue weighted by Crippen LogP contribution is -2.31. The van der Waals surface area contributed by atoms with Crippen LogP contribution in [0.3, 0.4) is 0 Å². The highest BCUT2D eigenvalue weighted by Crippen LogP contribution is 2.42. The molecule has 0 aliphatic carbocycles. The average molecular weight is 468 g/mol. The van der Waals surface area contributed by atoms with Crippen molar-refractivity contribution in [3.05, 3.63) is 71.8 Å². The second-order valence-corrected chi connectivity index (χ2v) is 7.58. The quantitative estimate of drug-likeness (QED) is 0.177. The van der Waals surface area contributed by atoms with Crippen molar-refractivity contribution in [1.29, 1.82) is 0 Å². The number of hydrogen-bond donors (Lipinski definition) is 1. The van der Waals surface area contributed by atoms with Crippen LogP contribution in [0.5, 0.6) is 17.2 Å². The van der Waals surface area contributed by atoms with E-state index >= 15 is 0 Å². The molecule has 2 aromatic rings. The number of amides is 1. The van der Waals surface area contributed by atoms with Gasteiger partial charge in [0.1, 0.15) is 18.1 Å². The van der Waals surface area contributed by atoms with Crippen LogP contribution >= 0.6 is 0 Å². The van der Waals surface area contributed by atoms with E-state index < -0.39 is 17.7 Å². The van der Waals surface area contributed by atoms with Crippen LogP contribution in [0.25, 0.3) is 5.76 Å². The first-order chi connectivity index (χ1) is 16.5. The van der Waals surface area contributed by atoms with E-state index in [0.29, 0.717) is 48.0 Å². The topological polar surface area (TPSA) is 94.5 Å². The Hall–Kier alpha value is -3.78. The third-order valence-corrected chi connectivity index (χ3v) is 5.51. The minimum Gasteiger partial charge on any atom is -0.507 e. The highest BCUT2D eigenvalue weighted by Gasteiger charge is 2.46. The van der Waals surface area contributed by atoms with E-state index in [1.807, 2.05) is 0 Å². The Morgan fingerprint density at radius 1 is 1.06 bits per heavy atom. The molecule has 1 saturated heterocycles. The molecule has 8 nitrogen and oxygen atoms in total. The maximum atomic E-state index is 13.1. The molecule has 1 heterocycles. The summed E-state index contributed by atoms with van der Waals surface area (Å²) in [7, 11) is 4.62. The zero-order chi connectivity index (χ0) is 24.7. The first kappa shape index (κ1) is 24.9. The number of carbonyl (C=O) groups is 2. The lowest BCUT2D eigenvalue weighted by atomic mass is 9.95. The molecule has 0 saturated carbocycles. The van der Waals surface area contributed by atoms with Gasteiger partial charge in [0.25, 0.3) is 11.7 Å². The average Bonchev–Trinajstić information content (AvgIpc) is 3.12. The molecule has 1 fully saturated rings. The summed E-state index contributed by atoms with van der Waals surface area (Å²) < 4.78 is 21.4. The Balaban J connectivity index is 2.12. The van der Waals surface area contributed by atoms with E-state index in [-0.39, 0.29) is 17.9 Å². The molecule has 2 aromatic carbocycles. The Morgan fingerprint density at radius 2 is 1.79 bits per heavy atom. The molecule has 0 bridgehead atoms. The maximum absolute atomic E-state index is 13.1. The molecule has 0 spiro atoms. The molecule has 34 heavy (non-hydrogen) atoms. The van der Waals surface area contributed by atoms with Crippen LogP contribution in [0.2, 0.25) is 0 Å². The third-order valence-electron chi connectivity index (χ3n) is 5.51. The maximum Gasteiger partial charge on any atom is 0.295 e. The molecule has 1 aliphatic heterocycles. The summed E-state index contributed by atoms with van der Waals surface area (Å²) in [5, 5.41) is 11.1. The molecular weight excluding hydrogens is 438 g/mol. The number of benzene rings is 2. The fraction of sp³-hybridized carbons (Fsp3) is 0.308. The second kappa shape index (κ2) is 11.4. The predicted octanol–water partition coefficient (Wildman–Crippen LogP) is 3.73. The number of Topliss-reactive ketones (excluding diaryl/α,β-unsaturated/α-hetero) is 1. The lowest BCUT2D eigenvalue weighted by molar-refractivity contribution is -0.140. The number of rotatable bonds is 11. The van der Waals surface area contributed by atoms with Crippen molar-refractivity contribution in [3.8, 4) is 17.2 Å². The van der Waals surface area contributed by atoms with E-state index in [0.717, 1.165) is 0 Å². The molecule has 1 unspecified atom stereocenters. The summed E-state index contributed by atoms with van der Waals surface area (Å²) in [4.78, 5) is 27.6. The SMILES string of the molecule is C=CCOc1ccc(C2/C(=C(\O)c3ccc(OC)cc3)C(=O)C(=O)N2CCCOC)cc1OC. The molecular formula is C26H29NO7. The van der Waals surface area contributed by atoms with Crippen LogP contribution in [-0.4, -0.2) is 62.8 Å². The molecule has 1 aliphatic rings. The fourth-order valence-corrected chi connectivity index (χ4v) is 3.86. The van der Waals surface area contributed by atoms with Crippen molar-refractivity contribution in [1.82, 2.24) is 4.90 Å². The Morgan fingerprint density at radius 3 is 2.41 bits per heavy atom. The van der Waals surface area contributed by atoms with Gasteiger partial charge in [-0.05, 0) is 48.4 Å². The summed E-state index contributed by atoms with van der Waals surface area (Å²) >= 11 is 0. The minimum absolute atomic E-state index is 0.00870. The zero-order valence-corrected chi connectivity index (χ0v) is 19.6. The zero-order valence-electron chi connectivity index (χ0n) is 19.6. The number of hydrogen-bond acceptors (Lipinski definition) is 7. The van der Waals surface area contributed by atoms with E-state index in [1.165, 1.54) is 19.1 Å². The molecule has 3 rings (SSSR count). The smallest absolute Gasteiger partial charge is 0.295 e. The van der Waals surface area contributed by atoms with Gasteiger partial charge in [0.15, 0.2) is 11.5 Å². The van der Waals surface area contributed by atoms with Crippen molar-refractivity contribution < 1.29 is 33.6 Å².